The number of aliphatic imine (C=N–C) groups is 1. The summed E-state index contributed by atoms with van der Waals surface area (Å²) < 4.78 is 26.7. The van der Waals surface area contributed by atoms with Crippen LogP contribution in [0.25, 0.3) is 0 Å². The summed E-state index contributed by atoms with van der Waals surface area (Å²) in [5, 5.41) is 8.63. The first-order valence-electron chi connectivity index (χ1n) is 6.97. The Morgan fingerprint density at radius 2 is 1.91 bits per heavy atom. The molecule has 0 radical (unpaired) electrons. The van der Waals surface area contributed by atoms with E-state index in [2.05, 4.69) is 4.99 Å². The van der Waals surface area contributed by atoms with Gasteiger partial charge in [-0.05, 0) is 54.4 Å². The van der Waals surface area contributed by atoms with Gasteiger partial charge in [0.2, 0.25) is 0 Å². The Bertz CT molecular complexity index is 820. The first kappa shape index (κ1) is 15.7. The molecule has 0 aromatic heterocycles. The highest BCUT2D eigenvalue weighted by Crippen LogP contribution is 2.38. The number of hydrogen-bond acceptors (Lipinski definition) is 3. The van der Waals surface area contributed by atoms with Crippen LogP contribution in [0.15, 0.2) is 46.3 Å². The Morgan fingerprint density at radius 3 is 2.61 bits per heavy atom. The Hall–Kier alpha value is -2.21. The van der Waals surface area contributed by atoms with Crippen molar-refractivity contribution in [3.63, 3.8) is 0 Å². The molecule has 3 nitrogen and oxygen atoms in total. The number of fused-ring (bicyclic) bond motifs is 1. The molecule has 0 saturated carbocycles. The number of aliphatic carboxylic acids is 1. The first-order valence-corrected chi connectivity index (χ1v) is 7.85. The average Bonchev–Trinajstić information content (AvgIpc) is 2.66. The second-order valence-corrected chi connectivity index (χ2v) is 6.52. The molecule has 0 saturated heterocycles. The van der Waals surface area contributed by atoms with E-state index in [0.717, 1.165) is 11.8 Å². The zero-order valence-corrected chi connectivity index (χ0v) is 13.0. The van der Waals surface area contributed by atoms with E-state index in [9.17, 15) is 18.7 Å². The minimum atomic E-state index is -0.987. The molecule has 1 heterocycles. The van der Waals surface area contributed by atoms with Gasteiger partial charge in [0.05, 0.1) is 11.4 Å². The molecule has 0 amide bonds. The van der Waals surface area contributed by atoms with Gasteiger partial charge in [-0.15, -0.1) is 11.8 Å². The van der Waals surface area contributed by atoms with Gasteiger partial charge >= 0.3 is 5.97 Å². The van der Waals surface area contributed by atoms with Gasteiger partial charge in [0.1, 0.15) is 16.9 Å². The molecule has 118 valence electrons. The number of carboxylic acids is 1. The van der Waals surface area contributed by atoms with Crippen LogP contribution in [-0.2, 0) is 4.79 Å². The van der Waals surface area contributed by atoms with Crippen molar-refractivity contribution in [3.8, 4) is 0 Å². The zero-order chi connectivity index (χ0) is 16.6. The number of nitrogens with zero attached hydrogens (tertiary/aromatic N) is 1. The molecule has 6 heteroatoms. The van der Waals surface area contributed by atoms with E-state index in [1.165, 1.54) is 30.3 Å². The van der Waals surface area contributed by atoms with Gasteiger partial charge < -0.3 is 5.11 Å². The highest BCUT2D eigenvalue weighted by molar-refractivity contribution is 8.00. The number of thioether (sulfide) groups is 1. The Balaban J connectivity index is 2.14. The molecule has 0 unspecified atom stereocenters. The van der Waals surface area contributed by atoms with E-state index in [0.29, 0.717) is 27.4 Å². The van der Waals surface area contributed by atoms with Crippen molar-refractivity contribution in [1.29, 1.82) is 0 Å². The van der Waals surface area contributed by atoms with Crippen LogP contribution < -0.4 is 0 Å². The lowest BCUT2D eigenvalue weighted by Crippen LogP contribution is -2.20. The van der Waals surface area contributed by atoms with Crippen molar-refractivity contribution in [2.75, 3.05) is 0 Å². The van der Waals surface area contributed by atoms with Crippen molar-refractivity contribution in [1.82, 2.24) is 0 Å². The van der Waals surface area contributed by atoms with E-state index in [1.807, 2.05) is 0 Å². The van der Waals surface area contributed by atoms with Crippen LogP contribution in [0, 0.1) is 18.6 Å². The smallest absolute Gasteiger partial charge is 0.317 e. The highest BCUT2D eigenvalue weighted by Gasteiger charge is 2.27. The average molecular weight is 333 g/mol. The number of hydrogen-bond donors (Lipinski definition) is 1. The van der Waals surface area contributed by atoms with Crippen molar-refractivity contribution < 1.29 is 18.7 Å². The Kier molecular flexibility index (Phi) is 4.17. The van der Waals surface area contributed by atoms with Gasteiger partial charge in [0.15, 0.2) is 0 Å². The topological polar surface area (TPSA) is 49.7 Å². The largest absolute Gasteiger partial charge is 0.480 e. The van der Waals surface area contributed by atoms with Gasteiger partial charge in [-0.1, -0.05) is 0 Å². The summed E-state index contributed by atoms with van der Waals surface area (Å²) in [4.78, 5) is 16.5. The third-order valence-corrected chi connectivity index (χ3v) is 4.83. The normalized spacial score (nSPS) is 17.2. The van der Waals surface area contributed by atoms with E-state index in [-0.39, 0.29) is 12.2 Å². The minimum absolute atomic E-state index is 0.183. The number of benzene rings is 2. The maximum Gasteiger partial charge on any atom is 0.317 e. The summed E-state index contributed by atoms with van der Waals surface area (Å²) in [5.41, 5.74) is 2.48. The van der Waals surface area contributed by atoms with Crippen molar-refractivity contribution in [2.45, 2.75) is 23.5 Å². The van der Waals surface area contributed by atoms with Gasteiger partial charge in [0, 0.05) is 11.3 Å². The lowest BCUT2D eigenvalue weighted by Gasteiger charge is -2.12. The third-order valence-electron chi connectivity index (χ3n) is 3.60. The SMILES string of the molecule is Cc1cc(F)ccc1C1=Nc2ccc(F)cc2S[C@@H](C(=O)O)C1. The number of halogens is 2. The van der Waals surface area contributed by atoms with E-state index in [4.69, 9.17) is 0 Å². The summed E-state index contributed by atoms with van der Waals surface area (Å²) in [6, 6.07) is 8.42. The second kappa shape index (κ2) is 6.12. The number of carbonyl (C=O) groups is 1. The molecule has 1 N–H and O–H groups in total. The molecule has 1 aliphatic heterocycles. The molecule has 0 bridgehead atoms. The Morgan fingerprint density at radius 1 is 1.22 bits per heavy atom. The van der Waals surface area contributed by atoms with Crippen LogP contribution in [0.4, 0.5) is 14.5 Å². The number of carboxylic acid groups (broad SMARTS) is 1. The van der Waals surface area contributed by atoms with E-state index in [1.54, 1.807) is 13.0 Å². The molecule has 1 atom stereocenters. The van der Waals surface area contributed by atoms with Gasteiger partial charge in [0.25, 0.3) is 0 Å². The lowest BCUT2D eigenvalue weighted by atomic mass is 10.00. The molecular formula is C17H13F2NO2S. The zero-order valence-electron chi connectivity index (χ0n) is 12.2. The summed E-state index contributed by atoms with van der Waals surface area (Å²) in [6.45, 7) is 1.75. The van der Waals surface area contributed by atoms with Crippen LogP contribution in [0.1, 0.15) is 17.5 Å². The lowest BCUT2D eigenvalue weighted by molar-refractivity contribution is -0.136. The molecule has 0 spiro atoms. The third kappa shape index (κ3) is 3.27. The van der Waals surface area contributed by atoms with Crippen LogP contribution in [-0.4, -0.2) is 22.0 Å². The molecular weight excluding hydrogens is 320 g/mol. The van der Waals surface area contributed by atoms with Gasteiger partial charge in [-0.2, -0.15) is 0 Å². The second-order valence-electron chi connectivity index (χ2n) is 5.28. The fourth-order valence-corrected chi connectivity index (χ4v) is 3.56. The van der Waals surface area contributed by atoms with Gasteiger partial charge in [-0.25, -0.2) is 8.78 Å². The van der Waals surface area contributed by atoms with Crippen LogP contribution >= 0.6 is 11.8 Å². The van der Waals surface area contributed by atoms with Crippen LogP contribution in [0.2, 0.25) is 0 Å². The molecule has 3 rings (SSSR count). The maximum absolute atomic E-state index is 13.4. The van der Waals surface area contributed by atoms with E-state index >= 15 is 0 Å². The fourth-order valence-electron chi connectivity index (χ4n) is 2.50. The van der Waals surface area contributed by atoms with E-state index < -0.39 is 17.0 Å². The fraction of sp³-hybridized carbons (Fsp3) is 0.176. The number of rotatable bonds is 2. The monoisotopic (exact) mass is 333 g/mol. The molecule has 0 fully saturated rings. The van der Waals surface area contributed by atoms with Crippen molar-refractivity contribution >= 4 is 29.1 Å². The van der Waals surface area contributed by atoms with Crippen LogP contribution in [0.5, 0.6) is 0 Å². The Labute approximate surface area is 136 Å². The summed E-state index contributed by atoms with van der Waals surface area (Å²) in [6.07, 6.45) is 0.183. The first-order chi connectivity index (χ1) is 10.9. The minimum Gasteiger partial charge on any atom is -0.480 e. The molecule has 0 aliphatic carbocycles. The number of aryl methyl sites for hydroxylation is 1. The summed E-state index contributed by atoms with van der Waals surface area (Å²) in [7, 11) is 0. The van der Waals surface area contributed by atoms with Crippen molar-refractivity contribution in [2.24, 2.45) is 4.99 Å². The summed E-state index contributed by atoms with van der Waals surface area (Å²) >= 11 is 1.08. The predicted molar refractivity (Wildman–Crippen MR) is 85.6 cm³/mol. The predicted octanol–water partition coefficient (Wildman–Crippen LogP) is 4.34. The van der Waals surface area contributed by atoms with Crippen molar-refractivity contribution in [3.05, 3.63) is 59.2 Å². The van der Waals surface area contributed by atoms with Gasteiger partial charge in [-0.3, -0.25) is 9.79 Å². The molecule has 2 aromatic carbocycles. The molecule has 2 aromatic rings. The molecule has 1 aliphatic rings. The summed E-state index contributed by atoms with van der Waals surface area (Å²) in [5.74, 6) is -1.77. The quantitative estimate of drug-likeness (QED) is 0.889. The molecule has 23 heavy (non-hydrogen) atoms. The maximum atomic E-state index is 13.4. The highest BCUT2D eigenvalue weighted by atomic mass is 32.2. The standard InChI is InChI=1S/C17H13F2NO2S/c1-9-6-10(18)2-4-12(9)14-8-16(17(21)22)23-15-7-11(19)3-5-13(15)20-14/h2-7,16H,8H2,1H3,(H,21,22)/t16-/m1/s1. The van der Waals surface area contributed by atoms with Crippen LogP contribution in [0.3, 0.4) is 0 Å².